The Morgan fingerprint density at radius 2 is 1.57 bits per heavy atom. The summed E-state index contributed by atoms with van der Waals surface area (Å²) in [5.74, 6) is 0. The molecule has 7 heavy (non-hydrogen) atoms. The van der Waals surface area contributed by atoms with Crippen molar-refractivity contribution in [2.24, 2.45) is 0 Å². The number of rotatable bonds is 1. The van der Waals surface area contributed by atoms with Gasteiger partial charge in [0.05, 0.1) is 0 Å². The molecule has 0 radical (unpaired) electrons. The van der Waals surface area contributed by atoms with E-state index in [-0.39, 0.29) is 46.6 Å². The van der Waals surface area contributed by atoms with Crippen LogP contribution in [0.4, 0.5) is 0 Å². The van der Waals surface area contributed by atoms with Crippen LogP contribution in [-0.2, 0) is 32.7 Å². The molecule has 0 aliphatic heterocycles. The van der Waals surface area contributed by atoms with E-state index in [1.54, 1.807) is 0 Å². The van der Waals surface area contributed by atoms with Crippen LogP contribution in [0.25, 0.3) is 0 Å². The molecule has 0 aliphatic carbocycles. The van der Waals surface area contributed by atoms with Gasteiger partial charge in [-0.3, -0.25) is 0 Å². The van der Waals surface area contributed by atoms with Gasteiger partial charge in [-0.05, 0) is 0 Å². The van der Waals surface area contributed by atoms with E-state index in [1.807, 2.05) is 0 Å². The average Bonchev–Trinajstić information content (AvgIpc) is 1.38. The van der Waals surface area contributed by atoms with Crippen molar-refractivity contribution in [1.82, 2.24) is 0 Å². The SMILES string of the molecule is [CH2-]CC(O)O.[CH3-].[Y+3]. The molecule has 2 nitrogen and oxygen atoms in total. The minimum Gasteiger partial charge on any atom is -0.371 e. The number of aliphatic hydroxyl groups is 2. The smallest absolute Gasteiger partial charge is 0.371 e. The van der Waals surface area contributed by atoms with Gasteiger partial charge in [0.25, 0.3) is 0 Å². The molecule has 40 valence electrons. The summed E-state index contributed by atoms with van der Waals surface area (Å²) < 4.78 is 0. The Labute approximate surface area is 69.8 Å². The van der Waals surface area contributed by atoms with Gasteiger partial charge < -0.3 is 24.6 Å². The summed E-state index contributed by atoms with van der Waals surface area (Å²) in [6.07, 6.45) is -1.06. The van der Waals surface area contributed by atoms with Gasteiger partial charge in [-0.25, -0.2) is 0 Å². The third-order valence-corrected chi connectivity index (χ3v) is 0.258. The second-order valence-corrected chi connectivity index (χ2v) is 0.769. The summed E-state index contributed by atoms with van der Waals surface area (Å²) in [6, 6.07) is 0. The third kappa shape index (κ3) is 19.4. The van der Waals surface area contributed by atoms with Gasteiger partial charge in [0.2, 0.25) is 0 Å². The van der Waals surface area contributed by atoms with Gasteiger partial charge in [0.15, 0.2) is 0 Å². The van der Waals surface area contributed by atoms with Crippen molar-refractivity contribution < 1.29 is 42.9 Å². The summed E-state index contributed by atoms with van der Waals surface area (Å²) in [5.41, 5.74) is 0. The van der Waals surface area contributed by atoms with Crippen LogP contribution < -0.4 is 0 Å². The molecule has 0 unspecified atom stereocenters. The molecular weight excluding hydrogens is 169 g/mol. The van der Waals surface area contributed by atoms with Gasteiger partial charge in [-0.15, -0.1) is 6.42 Å². The number of aliphatic hydroxyl groups excluding tert-OH is 1. The van der Waals surface area contributed by atoms with E-state index in [0.29, 0.717) is 0 Å². The molecule has 0 fully saturated rings. The number of hydrogen-bond donors (Lipinski definition) is 2. The topological polar surface area (TPSA) is 40.5 Å². The Bertz CT molecular complexity index is 23.7. The maximum Gasteiger partial charge on any atom is 3.00 e. The largest absolute Gasteiger partial charge is 3.00 e. The fourth-order valence-electron chi connectivity index (χ4n) is 0. The summed E-state index contributed by atoms with van der Waals surface area (Å²) in [6.45, 7) is 3.19. The first-order valence-electron chi connectivity index (χ1n) is 1.42. The van der Waals surface area contributed by atoms with Crippen LogP contribution in [0.15, 0.2) is 0 Å². The van der Waals surface area contributed by atoms with Crippen molar-refractivity contribution >= 4 is 0 Å². The van der Waals surface area contributed by atoms with Crippen molar-refractivity contribution in [2.75, 3.05) is 0 Å². The van der Waals surface area contributed by atoms with Gasteiger partial charge in [-0.1, -0.05) is 0 Å². The Balaban J connectivity index is -0.0000000800. The molecule has 0 heterocycles. The van der Waals surface area contributed by atoms with E-state index < -0.39 is 6.29 Å². The number of hydrogen-bond acceptors (Lipinski definition) is 2. The zero-order valence-corrected chi connectivity index (χ0v) is 7.30. The molecule has 0 aliphatic rings. The van der Waals surface area contributed by atoms with E-state index in [1.165, 1.54) is 0 Å². The molecule has 0 saturated carbocycles. The van der Waals surface area contributed by atoms with E-state index in [4.69, 9.17) is 10.2 Å². The normalized spacial score (nSPS) is 6.86. The molecule has 0 aromatic rings. The Morgan fingerprint density at radius 3 is 1.57 bits per heavy atom. The molecule has 0 atom stereocenters. The molecule has 2 N–H and O–H groups in total. The zero-order chi connectivity index (χ0) is 4.28. The van der Waals surface area contributed by atoms with Crippen LogP contribution in [0.1, 0.15) is 6.42 Å². The molecule has 3 heteroatoms. The zero-order valence-electron chi connectivity index (χ0n) is 4.46. The molecule has 0 amide bonds. The van der Waals surface area contributed by atoms with E-state index in [0.717, 1.165) is 0 Å². The summed E-state index contributed by atoms with van der Waals surface area (Å²) in [5, 5.41) is 15.7. The predicted molar refractivity (Wildman–Crippen MR) is 24.6 cm³/mol. The van der Waals surface area contributed by atoms with Crippen LogP contribution >= 0.6 is 0 Å². The third-order valence-electron chi connectivity index (χ3n) is 0.258. The van der Waals surface area contributed by atoms with E-state index in [2.05, 4.69) is 6.92 Å². The predicted octanol–water partition coefficient (Wildman–Crippen LogP) is -0.0309. The molecule has 0 spiro atoms. The minimum atomic E-state index is -1.23. The van der Waals surface area contributed by atoms with Crippen LogP contribution in [0.3, 0.4) is 0 Å². The Morgan fingerprint density at radius 1 is 1.43 bits per heavy atom. The molecule has 0 bridgehead atoms. The van der Waals surface area contributed by atoms with Gasteiger partial charge in [0.1, 0.15) is 6.29 Å². The Kier molecular flexibility index (Phi) is 22.6. The summed E-state index contributed by atoms with van der Waals surface area (Å²) in [7, 11) is 0. The quantitative estimate of drug-likeness (QED) is 0.438. The fourth-order valence-corrected chi connectivity index (χ4v) is 0. The van der Waals surface area contributed by atoms with Gasteiger partial charge in [-0.2, -0.15) is 0 Å². The van der Waals surface area contributed by atoms with Crippen LogP contribution in [-0.4, -0.2) is 16.5 Å². The fraction of sp³-hybridized carbons (Fsp3) is 0.500. The van der Waals surface area contributed by atoms with Gasteiger partial charge >= 0.3 is 32.7 Å². The van der Waals surface area contributed by atoms with Crippen molar-refractivity contribution in [3.05, 3.63) is 14.4 Å². The van der Waals surface area contributed by atoms with Crippen molar-refractivity contribution in [3.8, 4) is 0 Å². The first kappa shape index (κ1) is 15.7. The van der Waals surface area contributed by atoms with Crippen molar-refractivity contribution in [3.63, 3.8) is 0 Å². The summed E-state index contributed by atoms with van der Waals surface area (Å²) in [4.78, 5) is 0. The maximum absolute atomic E-state index is 7.85. The molecule has 0 saturated heterocycles. The molecule has 0 aromatic heterocycles. The summed E-state index contributed by atoms with van der Waals surface area (Å²) >= 11 is 0. The Hall–Kier alpha value is 1.02. The van der Waals surface area contributed by atoms with Gasteiger partial charge in [0, 0.05) is 0 Å². The van der Waals surface area contributed by atoms with Crippen LogP contribution in [0.2, 0.25) is 0 Å². The standard InChI is InChI=1S/C3H7O2.CH3.Y/c1-2-3(4)5;;/h3-5H,1-2H2;1H3;/q2*-1;+3. The van der Waals surface area contributed by atoms with E-state index in [9.17, 15) is 0 Å². The average molecular weight is 179 g/mol. The minimum absolute atomic E-state index is 0. The second kappa shape index (κ2) is 10.1. The van der Waals surface area contributed by atoms with Crippen LogP contribution in [0.5, 0.6) is 0 Å². The van der Waals surface area contributed by atoms with E-state index >= 15 is 0 Å². The second-order valence-electron chi connectivity index (χ2n) is 0.769. The van der Waals surface area contributed by atoms with Crippen molar-refractivity contribution in [1.29, 1.82) is 0 Å². The van der Waals surface area contributed by atoms with Crippen LogP contribution in [0, 0.1) is 14.4 Å². The molecule has 0 aromatic carbocycles. The van der Waals surface area contributed by atoms with Crippen molar-refractivity contribution in [2.45, 2.75) is 12.7 Å². The first-order valence-corrected chi connectivity index (χ1v) is 1.42. The molecular formula is C4H10O2Y+. The maximum atomic E-state index is 7.85. The molecule has 0 rings (SSSR count). The monoisotopic (exact) mass is 179 g/mol. The first-order chi connectivity index (χ1) is 2.27.